The summed E-state index contributed by atoms with van der Waals surface area (Å²) < 4.78 is 79.6. The maximum atomic E-state index is 13.6. The molecule has 0 spiro atoms. The number of alkyl halides is 3. The SMILES string of the molecule is Cc1ccc2c(CS(=O)(=O)Cc3ccccc3C(F)(F)F)cccc2c1Oc1ncccc1-c1ccnc(N[C@H]2CCCN(C(=O)OC(C)(C)C)C2)n1. The molecule has 0 saturated carbocycles. The number of carbonyl (C=O) groups excluding carboxylic acids is 1. The van der Waals surface area contributed by atoms with E-state index in [0.29, 0.717) is 52.4 Å². The van der Waals surface area contributed by atoms with Gasteiger partial charge in [-0.05, 0) is 86.9 Å². The van der Waals surface area contributed by atoms with Gasteiger partial charge in [0.05, 0.1) is 28.3 Å². The molecule has 1 N–H and O–H groups in total. The van der Waals surface area contributed by atoms with Crippen molar-refractivity contribution in [3.63, 3.8) is 0 Å². The first-order chi connectivity index (χ1) is 25.1. The number of nitrogens with zero attached hydrogens (tertiary/aromatic N) is 4. The van der Waals surface area contributed by atoms with Gasteiger partial charge >= 0.3 is 12.3 Å². The molecule has 6 rings (SSSR count). The summed E-state index contributed by atoms with van der Waals surface area (Å²) in [5.74, 6) is -0.159. The molecule has 1 fully saturated rings. The standard InChI is InChI=1S/C39H40F3N5O5S/c1-25-16-17-29-26(23-53(49,50)24-27-10-5-6-15-32(27)39(40,41)42)11-7-13-30(29)34(25)51-35-31(14-8-19-43-35)33-18-20-44-36(46-33)45-28-12-9-21-47(22-28)37(48)52-38(2,3)4/h5-8,10-11,13-20,28H,9,12,21-24H2,1-4H3,(H,44,45,46)/t28-/m0/s1. The van der Waals surface area contributed by atoms with Crippen molar-refractivity contribution in [1.29, 1.82) is 0 Å². The smallest absolute Gasteiger partial charge is 0.416 e. The lowest BCUT2D eigenvalue weighted by Gasteiger charge is -2.34. The highest BCUT2D eigenvalue weighted by atomic mass is 32.2. The minimum atomic E-state index is -4.68. The molecular formula is C39H40F3N5O5S. The second-order valence-corrected chi connectivity index (χ2v) is 16.1. The Bertz CT molecular complexity index is 2240. The number of piperidine rings is 1. The maximum absolute atomic E-state index is 13.6. The van der Waals surface area contributed by atoms with Crippen LogP contribution in [0.4, 0.5) is 23.9 Å². The van der Waals surface area contributed by atoms with Crippen LogP contribution in [0.15, 0.2) is 85.2 Å². The molecule has 0 radical (unpaired) electrons. The third-order valence-electron chi connectivity index (χ3n) is 8.68. The van der Waals surface area contributed by atoms with E-state index in [2.05, 4.69) is 15.3 Å². The summed E-state index contributed by atoms with van der Waals surface area (Å²) in [5, 5.41) is 4.55. The lowest BCUT2D eigenvalue weighted by molar-refractivity contribution is -0.138. The normalized spacial score (nSPS) is 15.3. The van der Waals surface area contributed by atoms with E-state index in [0.717, 1.165) is 24.5 Å². The first-order valence-corrected chi connectivity index (χ1v) is 19.0. The molecule has 1 saturated heterocycles. The Morgan fingerprint density at radius 1 is 0.906 bits per heavy atom. The van der Waals surface area contributed by atoms with Crippen molar-refractivity contribution in [3.05, 3.63) is 107 Å². The lowest BCUT2D eigenvalue weighted by atomic mass is 10.0. The van der Waals surface area contributed by atoms with E-state index in [1.54, 1.807) is 59.8 Å². The molecule has 0 aliphatic carbocycles. The summed E-state index contributed by atoms with van der Waals surface area (Å²) in [6, 6.07) is 18.6. The van der Waals surface area contributed by atoms with Gasteiger partial charge in [0.2, 0.25) is 11.8 Å². The Morgan fingerprint density at radius 3 is 2.43 bits per heavy atom. The van der Waals surface area contributed by atoms with Crippen LogP contribution in [0.25, 0.3) is 22.0 Å². The molecule has 2 aromatic heterocycles. The van der Waals surface area contributed by atoms with Crippen LogP contribution in [0.5, 0.6) is 11.6 Å². The number of ether oxygens (including phenoxy) is 2. The molecule has 5 aromatic rings. The number of hydrogen-bond donors (Lipinski definition) is 1. The number of pyridine rings is 1. The third kappa shape index (κ3) is 9.23. The highest BCUT2D eigenvalue weighted by Gasteiger charge is 2.34. The fourth-order valence-corrected chi connectivity index (χ4v) is 7.88. The Labute approximate surface area is 306 Å². The zero-order chi connectivity index (χ0) is 38.0. The van der Waals surface area contributed by atoms with Crippen molar-refractivity contribution >= 4 is 32.7 Å². The minimum Gasteiger partial charge on any atom is -0.444 e. The van der Waals surface area contributed by atoms with Gasteiger partial charge in [-0.1, -0.05) is 48.5 Å². The molecule has 1 aliphatic heterocycles. The van der Waals surface area contributed by atoms with E-state index >= 15 is 0 Å². The van der Waals surface area contributed by atoms with Crippen molar-refractivity contribution in [2.24, 2.45) is 0 Å². The second kappa shape index (κ2) is 15.0. The van der Waals surface area contributed by atoms with Gasteiger partial charge in [0, 0.05) is 36.9 Å². The van der Waals surface area contributed by atoms with Crippen LogP contribution in [0, 0.1) is 6.92 Å². The van der Waals surface area contributed by atoms with Crippen LogP contribution in [-0.4, -0.2) is 59.1 Å². The monoisotopic (exact) mass is 747 g/mol. The van der Waals surface area contributed by atoms with Crippen molar-refractivity contribution in [3.8, 4) is 22.9 Å². The number of anilines is 1. The van der Waals surface area contributed by atoms with Crippen LogP contribution in [0.3, 0.4) is 0 Å². The van der Waals surface area contributed by atoms with Crippen molar-refractivity contribution in [2.45, 2.75) is 69.9 Å². The molecule has 10 nitrogen and oxygen atoms in total. The average Bonchev–Trinajstić information content (AvgIpc) is 3.09. The molecule has 53 heavy (non-hydrogen) atoms. The van der Waals surface area contributed by atoms with Gasteiger partial charge in [0.15, 0.2) is 9.84 Å². The number of fused-ring (bicyclic) bond motifs is 1. The number of carbonyl (C=O) groups is 1. The fraction of sp³-hybridized carbons (Fsp3) is 0.333. The number of hydrogen-bond acceptors (Lipinski definition) is 9. The summed E-state index contributed by atoms with van der Waals surface area (Å²) in [6.07, 6.45) is -0.216. The van der Waals surface area contributed by atoms with Crippen LogP contribution in [0.2, 0.25) is 0 Å². The predicted molar refractivity (Wildman–Crippen MR) is 196 cm³/mol. The first-order valence-electron chi connectivity index (χ1n) is 17.1. The van der Waals surface area contributed by atoms with E-state index in [-0.39, 0.29) is 23.6 Å². The predicted octanol–water partition coefficient (Wildman–Crippen LogP) is 8.74. The number of aryl methyl sites for hydroxylation is 1. The van der Waals surface area contributed by atoms with E-state index in [1.807, 2.05) is 33.8 Å². The number of sulfone groups is 1. The molecular weight excluding hydrogens is 708 g/mol. The fourth-order valence-electron chi connectivity index (χ4n) is 6.33. The summed E-state index contributed by atoms with van der Waals surface area (Å²) in [4.78, 5) is 28.1. The molecule has 3 aromatic carbocycles. The van der Waals surface area contributed by atoms with E-state index in [1.165, 1.54) is 18.2 Å². The number of benzene rings is 3. The van der Waals surface area contributed by atoms with Crippen LogP contribution in [-0.2, 0) is 32.3 Å². The number of likely N-dealkylation sites (tertiary alicyclic amines) is 1. The molecule has 0 bridgehead atoms. The molecule has 1 aliphatic rings. The molecule has 14 heteroatoms. The summed E-state index contributed by atoms with van der Waals surface area (Å²) >= 11 is 0. The quantitative estimate of drug-likeness (QED) is 0.158. The van der Waals surface area contributed by atoms with Crippen LogP contribution in [0.1, 0.15) is 55.9 Å². The van der Waals surface area contributed by atoms with E-state index in [9.17, 15) is 26.4 Å². The summed E-state index contributed by atoms with van der Waals surface area (Å²) in [7, 11) is -4.02. The molecule has 0 unspecified atom stereocenters. The van der Waals surface area contributed by atoms with Gasteiger partial charge in [0.25, 0.3) is 0 Å². The highest BCUT2D eigenvalue weighted by Crippen LogP contribution is 2.38. The third-order valence-corrected chi connectivity index (χ3v) is 10.2. The van der Waals surface area contributed by atoms with Gasteiger partial charge < -0.3 is 19.7 Å². The largest absolute Gasteiger partial charge is 0.444 e. The number of amides is 1. The van der Waals surface area contributed by atoms with Crippen molar-refractivity contribution in [2.75, 3.05) is 18.4 Å². The zero-order valence-electron chi connectivity index (χ0n) is 29.8. The van der Waals surface area contributed by atoms with Gasteiger partial charge in [-0.25, -0.2) is 28.2 Å². The number of rotatable bonds is 9. The zero-order valence-corrected chi connectivity index (χ0v) is 30.6. The molecule has 278 valence electrons. The molecule has 1 atom stereocenters. The van der Waals surface area contributed by atoms with Gasteiger partial charge in [-0.15, -0.1) is 0 Å². The van der Waals surface area contributed by atoms with Gasteiger partial charge in [-0.3, -0.25) is 0 Å². The number of halogens is 3. The second-order valence-electron chi connectivity index (χ2n) is 14.0. The number of aromatic nitrogens is 3. The number of nitrogens with one attached hydrogen (secondary N) is 1. The minimum absolute atomic E-state index is 0.0909. The van der Waals surface area contributed by atoms with Crippen LogP contribution < -0.4 is 10.1 Å². The topological polar surface area (TPSA) is 124 Å². The van der Waals surface area contributed by atoms with Crippen molar-refractivity contribution in [1.82, 2.24) is 19.9 Å². The summed E-state index contributed by atoms with van der Waals surface area (Å²) in [5.41, 5.74) is 0.436. The van der Waals surface area contributed by atoms with E-state index < -0.39 is 38.7 Å². The Morgan fingerprint density at radius 2 is 1.66 bits per heavy atom. The molecule has 3 heterocycles. The first kappa shape index (κ1) is 37.5. The van der Waals surface area contributed by atoms with E-state index in [4.69, 9.17) is 14.5 Å². The lowest BCUT2D eigenvalue weighted by Crippen LogP contribution is -2.47. The Kier molecular flexibility index (Phi) is 10.6. The van der Waals surface area contributed by atoms with Crippen LogP contribution >= 0.6 is 0 Å². The average molecular weight is 748 g/mol. The highest BCUT2D eigenvalue weighted by molar-refractivity contribution is 7.89. The van der Waals surface area contributed by atoms with Gasteiger partial charge in [0.1, 0.15) is 11.4 Å². The Hall–Kier alpha value is -5.24. The van der Waals surface area contributed by atoms with Gasteiger partial charge in [-0.2, -0.15) is 13.2 Å². The Balaban J connectivity index is 1.24. The summed E-state index contributed by atoms with van der Waals surface area (Å²) in [6.45, 7) is 8.40. The van der Waals surface area contributed by atoms with Crippen molar-refractivity contribution < 1.29 is 35.9 Å². The molecule has 1 amide bonds. The maximum Gasteiger partial charge on any atom is 0.416 e.